The first-order valence-corrected chi connectivity index (χ1v) is 6.08. The topological polar surface area (TPSA) is 54.0 Å². The standard InChI is InChI=1S/C14H18O5/c1-16-10-6-4-9(5-7-10)13-11(8-12(15)19-13)14(17-2)18-3/h4-7,11,13-14H,8H2,1-3H3/t11-,13-/m1/s1. The summed E-state index contributed by atoms with van der Waals surface area (Å²) in [4.78, 5) is 11.5. The molecule has 0 N–H and O–H groups in total. The summed E-state index contributed by atoms with van der Waals surface area (Å²) in [5.41, 5.74) is 0.913. The molecule has 0 spiro atoms. The summed E-state index contributed by atoms with van der Waals surface area (Å²) in [5.74, 6) is 0.389. The van der Waals surface area contributed by atoms with E-state index in [0.29, 0.717) is 6.42 Å². The van der Waals surface area contributed by atoms with Gasteiger partial charge in [-0.2, -0.15) is 0 Å². The molecule has 0 saturated carbocycles. The fraction of sp³-hybridized carbons (Fsp3) is 0.500. The Bertz CT molecular complexity index is 424. The van der Waals surface area contributed by atoms with E-state index in [4.69, 9.17) is 18.9 Å². The molecule has 0 amide bonds. The van der Waals surface area contributed by atoms with Gasteiger partial charge in [-0.15, -0.1) is 0 Å². The normalized spacial score (nSPS) is 22.6. The van der Waals surface area contributed by atoms with Crippen molar-refractivity contribution in [2.75, 3.05) is 21.3 Å². The van der Waals surface area contributed by atoms with Crippen LogP contribution in [0.15, 0.2) is 24.3 Å². The number of carbonyl (C=O) groups excluding carboxylic acids is 1. The highest BCUT2D eigenvalue weighted by molar-refractivity contribution is 5.72. The Labute approximate surface area is 112 Å². The second kappa shape index (κ2) is 6.04. The summed E-state index contributed by atoms with van der Waals surface area (Å²) in [7, 11) is 4.73. The van der Waals surface area contributed by atoms with Crippen molar-refractivity contribution < 1.29 is 23.7 Å². The molecule has 0 aliphatic carbocycles. The van der Waals surface area contributed by atoms with Crippen molar-refractivity contribution in [3.8, 4) is 5.75 Å². The molecule has 1 aliphatic heterocycles. The van der Waals surface area contributed by atoms with E-state index in [1.165, 1.54) is 0 Å². The van der Waals surface area contributed by atoms with Crippen LogP contribution in [0.2, 0.25) is 0 Å². The molecule has 1 heterocycles. The lowest BCUT2D eigenvalue weighted by Crippen LogP contribution is -2.27. The quantitative estimate of drug-likeness (QED) is 0.602. The average molecular weight is 266 g/mol. The van der Waals surface area contributed by atoms with Crippen molar-refractivity contribution in [1.29, 1.82) is 0 Å². The maximum absolute atomic E-state index is 11.5. The number of hydrogen-bond acceptors (Lipinski definition) is 5. The Hall–Kier alpha value is -1.59. The Balaban J connectivity index is 2.22. The zero-order valence-electron chi connectivity index (χ0n) is 11.3. The van der Waals surface area contributed by atoms with Gasteiger partial charge in [-0.25, -0.2) is 0 Å². The van der Waals surface area contributed by atoms with Crippen LogP contribution >= 0.6 is 0 Å². The molecule has 2 atom stereocenters. The summed E-state index contributed by atoms with van der Waals surface area (Å²) in [5, 5.41) is 0. The van der Waals surface area contributed by atoms with Crippen LogP contribution in [0.25, 0.3) is 0 Å². The smallest absolute Gasteiger partial charge is 0.307 e. The average Bonchev–Trinajstić information content (AvgIpc) is 2.82. The van der Waals surface area contributed by atoms with Gasteiger partial charge in [0.15, 0.2) is 6.29 Å². The van der Waals surface area contributed by atoms with E-state index in [2.05, 4.69) is 0 Å². The Morgan fingerprint density at radius 1 is 1.16 bits per heavy atom. The predicted molar refractivity (Wildman–Crippen MR) is 67.7 cm³/mol. The highest BCUT2D eigenvalue weighted by atomic mass is 16.7. The molecule has 0 aromatic heterocycles. The number of methoxy groups -OCH3 is 3. The van der Waals surface area contributed by atoms with Gasteiger partial charge in [0, 0.05) is 14.2 Å². The minimum absolute atomic E-state index is 0.143. The molecule has 104 valence electrons. The molecule has 0 bridgehead atoms. The fourth-order valence-electron chi connectivity index (χ4n) is 2.37. The monoisotopic (exact) mass is 266 g/mol. The maximum atomic E-state index is 11.5. The molecule has 19 heavy (non-hydrogen) atoms. The zero-order valence-corrected chi connectivity index (χ0v) is 11.3. The second-order valence-electron chi connectivity index (χ2n) is 4.39. The van der Waals surface area contributed by atoms with Crippen molar-refractivity contribution in [2.24, 2.45) is 5.92 Å². The molecule has 1 fully saturated rings. The third kappa shape index (κ3) is 2.88. The third-order valence-electron chi connectivity index (χ3n) is 3.31. The SMILES string of the molecule is COc1ccc([C@H]2OC(=O)C[C@H]2C(OC)OC)cc1. The number of carbonyl (C=O) groups is 1. The van der Waals surface area contributed by atoms with Crippen molar-refractivity contribution in [1.82, 2.24) is 0 Å². The van der Waals surface area contributed by atoms with E-state index in [1.807, 2.05) is 24.3 Å². The van der Waals surface area contributed by atoms with Crippen molar-refractivity contribution in [3.63, 3.8) is 0 Å². The van der Waals surface area contributed by atoms with Gasteiger partial charge in [0.05, 0.1) is 19.4 Å². The summed E-state index contributed by atoms with van der Waals surface area (Å²) in [6.07, 6.45) is -0.509. The first-order valence-electron chi connectivity index (χ1n) is 6.08. The lowest BCUT2D eigenvalue weighted by Gasteiger charge is -2.24. The largest absolute Gasteiger partial charge is 0.497 e. The van der Waals surface area contributed by atoms with Crippen LogP contribution in [0.3, 0.4) is 0 Å². The Kier molecular flexibility index (Phi) is 4.39. The minimum atomic E-state index is -0.460. The zero-order chi connectivity index (χ0) is 13.8. The predicted octanol–water partition coefficient (Wildman–Crippen LogP) is 1.92. The van der Waals surface area contributed by atoms with E-state index in [-0.39, 0.29) is 18.0 Å². The third-order valence-corrected chi connectivity index (χ3v) is 3.31. The molecule has 5 heteroatoms. The van der Waals surface area contributed by atoms with Gasteiger partial charge >= 0.3 is 5.97 Å². The molecule has 1 saturated heterocycles. The van der Waals surface area contributed by atoms with Crippen LogP contribution in [0.5, 0.6) is 5.75 Å². The van der Waals surface area contributed by atoms with E-state index in [9.17, 15) is 4.79 Å². The highest BCUT2D eigenvalue weighted by Gasteiger charge is 2.41. The summed E-state index contributed by atoms with van der Waals surface area (Å²) < 4.78 is 21.0. The van der Waals surface area contributed by atoms with Gasteiger partial charge in [-0.3, -0.25) is 4.79 Å². The van der Waals surface area contributed by atoms with E-state index in [0.717, 1.165) is 11.3 Å². The highest BCUT2D eigenvalue weighted by Crippen LogP contribution is 2.38. The first kappa shape index (κ1) is 13.8. The Morgan fingerprint density at radius 3 is 2.32 bits per heavy atom. The number of rotatable bonds is 5. The summed E-state index contributed by atoms with van der Waals surface area (Å²) in [6.45, 7) is 0. The van der Waals surface area contributed by atoms with Gasteiger partial charge in [0.25, 0.3) is 0 Å². The van der Waals surface area contributed by atoms with Crippen LogP contribution in [-0.4, -0.2) is 33.6 Å². The second-order valence-corrected chi connectivity index (χ2v) is 4.39. The molecule has 5 nitrogen and oxygen atoms in total. The summed E-state index contributed by atoms with van der Waals surface area (Å²) in [6, 6.07) is 7.45. The molecule has 1 aromatic rings. The number of hydrogen-bond donors (Lipinski definition) is 0. The van der Waals surface area contributed by atoms with Crippen molar-refractivity contribution in [2.45, 2.75) is 18.8 Å². The number of ether oxygens (including phenoxy) is 4. The Morgan fingerprint density at radius 2 is 1.79 bits per heavy atom. The van der Waals surface area contributed by atoms with Gasteiger partial charge in [0.2, 0.25) is 0 Å². The van der Waals surface area contributed by atoms with Gasteiger partial charge in [-0.1, -0.05) is 12.1 Å². The molecular formula is C14H18O5. The molecule has 0 unspecified atom stereocenters. The van der Waals surface area contributed by atoms with Gasteiger partial charge in [0.1, 0.15) is 11.9 Å². The molecule has 2 rings (SSSR count). The molecular weight excluding hydrogens is 248 g/mol. The van der Waals surface area contributed by atoms with Crippen LogP contribution in [0.1, 0.15) is 18.1 Å². The maximum Gasteiger partial charge on any atom is 0.307 e. The van der Waals surface area contributed by atoms with Gasteiger partial charge in [-0.05, 0) is 17.7 Å². The van der Waals surface area contributed by atoms with Crippen molar-refractivity contribution in [3.05, 3.63) is 29.8 Å². The van der Waals surface area contributed by atoms with E-state index < -0.39 is 6.29 Å². The lowest BCUT2D eigenvalue weighted by molar-refractivity contribution is -0.152. The van der Waals surface area contributed by atoms with E-state index in [1.54, 1.807) is 21.3 Å². The van der Waals surface area contributed by atoms with Gasteiger partial charge < -0.3 is 18.9 Å². The van der Waals surface area contributed by atoms with Crippen LogP contribution < -0.4 is 4.74 Å². The molecule has 1 aromatic carbocycles. The lowest BCUT2D eigenvalue weighted by atomic mass is 9.94. The number of esters is 1. The molecule has 0 radical (unpaired) electrons. The molecule has 1 aliphatic rings. The van der Waals surface area contributed by atoms with Crippen LogP contribution in [-0.2, 0) is 19.0 Å². The fourth-order valence-corrected chi connectivity index (χ4v) is 2.37. The first-order chi connectivity index (χ1) is 9.19. The minimum Gasteiger partial charge on any atom is -0.497 e. The number of cyclic esters (lactones) is 1. The number of benzene rings is 1. The summed E-state index contributed by atoms with van der Waals surface area (Å²) >= 11 is 0. The van der Waals surface area contributed by atoms with E-state index >= 15 is 0 Å². The van der Waals surface area contributed by atoms with Crippen LogP contribution in [0.4, 0.5) is 0 Å². The van der Waals surface area contributed by atoms with Crippen molar-refractivity contribution >= 4 is 5.97 Å². The van der Waals surface area contributed by atoms with Crippen LogP contribution in [0, 0.1) is 5.92 Å².